The van der Waals surface area contributed by atoms with Crippen LogP contribution in [0.15, 0.2) is 30.3 Å². The van der Waals surface area contributed by atoms with Gasteiger partial charge in [-0.15, -0.1) is 0 Å². The third-order valence-corrected chi connectivity index (χ3v) is 1.14. The molecule has 0 bridgehead atoms. The second kappa shape index (κ2) is 3.11. The van der Waals surface area contributed by atoms with E-state index in [1.807, 2.05) is 30.3 Å². The molecule has 0 amide bonds. The first-order valence-electron chi connectivity index (χ1n) is 2.87. The molecule has 0 aliphatic heterocycles. The fourth-order valence-electron chi connectivity index (χ4n) is 0.698. The second-order valence-corrected chi connectivity index (χ2v) is 1.84. The van der Waals surface area contributed by atoms with Gasteiger partial charge >= 0.3 is 54.7 Å². The van der Waals surface area contributed by atoms with Crippen LogP contribution in [0.25, 0.3) is 0 Å². The Balaban J connectivity index is 2.76. The van der Waals surface area contributed by atoms with Crippen molar-refractivity contribution in [2.45, 2.75) is 6.42 Å². The van der Waals surface area contributed by atoms with Gasteiger partial charge in [0.1, 0.15) is 0 Å². The zero-order valence-corrected chi connectivity index (χ0v) is 5.09. The van der Waals surface area contributed by atoms with Crippen LogP contribution in [0, 0.1) is 12.3 Å². The van der Waals surface area contributed by atoms with E-state index in [-0.39, 0.29) is 0 Å². The van der Waals surface area contributed by atoms with Crippen molar-refractivity contribution >= 4 is 0 Å². The normalized spacial score (nSPS) is 8.67. The van der Waals surface area contributed by atoms with Crippen LogP contribution in [0.5, 0.6) is 0 Å². The Morgan fingerprint density at radius 1 is 1.22 bits per heavy atom. The van der Waals surface area contributed by atoms with Gasteiger partial charge in [-0.1, -0.05) is 0 Å². The monoisotopic (exact) mass is 115 g/mol. The molecule has 0 saturated heterocycles. The molecule has 0 N–H and O–H groups in total. The number of benzene rings is 1. The molecule has 42 valence electrons. The molecule has 1 aromatic carbocycles. The zero-order chi connectivity index (χ0) is 6.53. The van der Waals surface area contributed by atoms with Gasteiger partial charge in [0.15, 0.2) is 0 Å². The Morgan fingerprint density at radius 2 is 1.89 bits per heavy atom. The van der Waals surface area contributed by atoms with Crippen molar-refractivity contribution in [3.63, 3.8) is 0 Å². The van der Waals surface area contributed by atoms with Crippen molar-refractivity contribution in [2.24, 2.45) is 0 Å². The van der Waals surface area contributed by atoms with Gasteiger partial charge in [0.2, 0.25) is 0 Å². The van der Waals surface area contributed by atoms with Gasteiger partial charge in [-0.05, 0) is 0 Å². The van der Waals surface area contributed by atoms with Crippen LogP contribution in [0.3, 0.4) is 0 Å². The van der Waals surface area contributed by atoms with Gasteiger partial charge in [0, 0.05) is 0 Å². The standard InChI is InChI=1S/C9H7/c1-2-6-9-7-4-3-5-8-9/h3-5,7-8H,6H2/q+1. The Morgan fingerprint density at radius 3 is 2.44 bits per heavy atom. The Bertz CT molecular complexity index is 203. The van der Waals surface area contributed by atoms with E-state index in [0.29, 0.717) is 6.42 Å². The Hall–Kier alpha value is -1.00. The molecule has 0 radical (unpaired) electrons. The van der Waals surface area contributed by atoms with E-state index in [0.717, 1.165) is 5.56 Å². The molecule has 1 rings (SSSR count). The second-order valence-electron chi connectivity index (χ2n) is 1.84. The average Bonchev–Trinajstić information content (AvgIpc) is 1.91. The summed E-state index contributed by atoms with van der Waals surface area (Å²) in [6, 6.07) is 9.87. The maximum atomic E-state index is 6.69. The molecule has 0 fully saturated rings. The SMILES string of the molecule is [C+]#CCc1ccccc1. The molecule has 0 nitrogen and oxygen atoms in total. The molecule has 0 aliphatic carbocycles. The molecule has 0 spiro atoms. The van der Waals surface area contributed by atoms with Crippen LogP contribution in [0.4, 0.5) is 0 Å². The van der Waals surface area contributed by atoms with E-state index < -0.39 is 0 Å². The van der Waals surface area contributed by atoms with Crippen LogP contribution in [0.2, 0.25) is 0 Å². The first-order chi connectivity index (χ1) is 4.43. The predicted octanol–water partition coefficient (Wildman–Crippen LogP) is 1.82. The summed E-state index contributed by atoms with van der Waals surface area (Å²) < 4.78 is 0. The molecule has 1 aromatic rings. The van der Waals surface area contributed by atoms with Crippen molar-refractivity contribution in [3.05, 3.63) is 42.3 Å². The maximum absolute atomic E-state index is 6.69. The zero-order valence-electron chi connectivity index (χ0n) is 5.09. The van der Waals surface area contributed by atoms with E-state index in [1.165, 1.54) is 0 Å². The summed E-state index contributed by atoms with van der Waals surface area (Å²) >= 11 is 0. The van der Waals surface area contributed by atoms with Gasteiger partial charge in [-0.3, -0.25) is 0 Å². The van der Waals surface area contributed by atoms with E-state index in [4.69, 9.17) is 6.42 Å². The number of hydrogen-bond donors (Lipinski definition) is 0. The molecule has 0 aliphatic rings. The van der Waals surface area contributed by atoms with Crippen molar-refractivity contribution < 1.29 is 0 Å². The Kier molecular flexibility index (Phi) is 2.12. The first-order valence-corrected chi connectivity index (χ1v) is 2.87. The van der Waals surface area contributed by atoms with Crippen LogP contribution >= 0.6 is 0 Å². The fourth-order valence-corrected chi connectivity index (χ4v) is 0.698. The van der Waals surface area contributed by atoms with E-state index in [1.54, 1.807) is 0 Å². The van der Waals surface area contributed by atoms with Crippen molar-refractivity contribution in [3.8, 4) is 5.92 Å². The van der Waals surface area contributed by atoms with E-state index in [2.05, 4.69) is 5.92 Å². The summed E-state index contributed by atoms with van der Waals surface area (Å²) in [6.07, 6.45) is 7.32. The minimum absolute atomic E-state index is 0.626. The van der Waals surface area contributed by atoms with Crippen molar-refractivity contribution in [1.82, 2.24) is 0 Å². The molecule has 0 unspecified atom stereocenters. The molecule has 0 saturated carbocycles. The minimum atomic E-state index is 0.626. The van der Waals surface area contributed by atoms with Gasteiger partial charge in [-0.25, -0.2) is 0 Å². The topological polar surface area (TPSA) is 0 Å². The molecule has 0 atom stereocenters. The molecular formula is C9H7+. The van der Waals surface area contributed by atoms with Crippen LogP contribution in [0.1, 0.15) is 5.56 Å². The summed E-state index contributed by atoms with van der Waals surface area (Å²) in [5.74, 6) is 2.33. The average molecular weight is 115 g/mol. The van der Waals surface area contributed by atoms with Crippen LogP contribution in [-0.4, -0.2) is 0 Å². The first kappa shape index (κ1) is 6.12. The van der Waals surface area contributed by atoms with Crippen molar-refractivity contribution in [2.75, 3.05) is 0 Å². The quantitative estimate of drug-likeness (QED) is 0.387. The Labute approximate surface area is 55.5 Å². The van der Waals surface area contributed by atoms with E-state index >= 15 is 0 Å². The summed E-state index contributed by atoms with van der Waals surface area (Å²) in [5.41, 5.74) is 1.15. The predicted molar refractivity (Wildman–Crippen MR) is 37.3 cm³/mol. The fraction of sp³-hybridized carbons (Fsp3) is 0.111. The molecule has 9 heavy (non-hydrogen) atoms. The molecular weight excluding hydrogens is 108 g/mol. The summed E-state index contributed by atoms with van der Waals surface area (Å²) in [4.78, 5) is 0. The number of hydrogen-bond acceptors (Lipinski definition) is 0. The molecule has 0 aromatic heterocycles. The summed E-state index contributed by atoms with van der Waals surface area (Å²) in [6.45, 7) is 0. The van der Waals surface area contributed by atoms with Gasteiger partial charge in [0.05, 0.1) is 0 Å². The van der Waals surface area contributed by atoms with Gasteiger partial charge in [-0.2, -0.15) is 0 Å². The van der Waals surface area contributed by atoms with Crippen molar-refractivity contribution in [1.29, 1.82) is 0 Å². The van der Waals surface area contributed by atoms with E-state index in [9.17, 15) is 0 Å². The van der Waals surface area contributed by atoms with Crippen LogP contribution < -0.4 is 0 Å². The summed E-state index contributed by atoms with van der Waals surface area (Å²) in [7, 11) is 0. The van der Waals surface area contributed by atoms with Gasteiger partial charge < -0.3 is 0 Å². The molecule has 0 heteroatoms. The summed E-state index contributed by atoms with van der Waals surface area (Å²) in [5, 5.41) is 0. The third kappa shape index (κ3) is 1.75. The third-order valence-electron chi connectivity index (χ3n) is 1.14. The van der Waals surface area contributed by atoms with Gasteiger partial charge in [0.25, 0.3) is 0 Å². The molecule has 0 heterocycles. The van der Waals surface area contributed by atoms with Crippen LogP contribution in [-0.2, 0) is 6.42 Å². The number of rotatable bonds is 1.